The molecule has 26 heavy (non-hydrogen) atoms. The highest BCUT2D eigenvalue weighted by molar-refractivity contribution is 5.87. The third-order valence-electron chi connectivity index (χ3n) is 5.38. The predicted octanol–water partition coefficient (Wildman–Crippen LogP) is 1.22. The van der Waals surface area contributed by atoms with Crippen LogP contribution < -0.4 is 10.6 Å². The molecule has 4 heterocycles. The summed E-state index contributed by atoms with van der Waals surface area (Å²) in [6, 6.07) is 1.91. The zero-order valence-corrected chi connectivity index (χ0v) is 14.1. The van der Waals surface area contributed by atoms with Crippen LogP contribution in [0.4, 0.5) is 5.82 Å². The van der Waals surface area contributed by atoms with Crippen LogP contribution in [0.15, 0.2) is 31.0 Å². The van der Waals surface area contributed by atoms with E-state index in [1.807, 2.05) is 0 Å². The van der Waals surface area contributed by atoms with E-state index in [1.54, 1.807) is 29.3 Å². The lowest BCUT2D eigenvalue weighted by Gasteiger charge is -2.51. The van der Waals surface area contributed by atoms with Gasteiger partial charge < -0.3 is 10.6 Å². The van der Waals surface area contributed by atoms with E-state index in [1.165, 1.54) is 6.33 Å². The lowest BCUT2D eigenvalue weighted by atomic mass is 9.68. The third kappa shape index (κ3) is 2.31. The lowest BCUT2D eigenvalue weighted by molar-refractivity contribution is -0.127. The predicted molar refractivity (Wildman–Crippen MR) is 93.6 cm³/mol. The second-order valence-corrected chi connectivity index (χ2v) is 6.86. The summed E-state index contributed by atoms with van der Waals surface area (Å²) < 4.78 is 1.60. The topological polar surface area (TPSA) is 111 Å². The van der Waals surface area contributed by atoms with Gasteiger partial charge in [0, 0.05) is 18.8 Å². The van der Waals surface area contributed by atoms with E-state index >= 15 is 0 Å². The molecular weight excluding hydrogens is 332 g/mol. The number of anilines is 1. The van der Waals surface area contributed by atoms with Gasteiger partial charge in [-0.15, -0.1) is 0 Å². The monoisotopic (exact) mass is 350 g/mol. The number of rotatable bonds is 3. The molecule has 2 fully saturated rings. The van der Waals surface area contributed by atoms with Crippen LogP contribution in [0.25, 0.3) is 17.0 Å². The largest absolute Gasteiger partial charge is 0.364 e. The van der Waals surface area contributed by atoms with Crippen LogP contribution in [0.2, 0.25) is 0 Å². The molecule has 0 aromatic carbocycles. The van der Waals surface area contributed by atoms with Crippen molar-refractivity contribution in [1.82, 2.24) is 35.0 Å². The zero-order valence-electron chi connectivity index (χ0n) is 14.1. The SMILES string of the molecule is O=C1CCC(Nc2ncnc3c2cnn3-c2ncccn2)C2(CCC2)N1. The Morgan fingerprint density at radius 1 is 1.19 bits per heavy atom. The van der Waals surface area contributed by atoms with Crippen LogP contribution in [0.3, 0.4) is 0 Å². The van der Waals surface area contributed by atoms with Crippen molar-refractivity contribution in [3.8, 4) is 5.95 Å². The van der Waals surface area contributed by atoms with Crippen molar-refractivity contribution < 1.29 is 4.79 Å². The van der Waals surface area contributed by atoms with Crippen molar-refractivity contribution in [3.63, 3.8) is 0 Å². The van der Waals surface area contributed by atoms with E-state index in [4.69, 9.17) is 0 Å². The summed E-state index contributed by atoms with van der Waals surface area (Å²) in [7, 11) is 0. The maximum Gasteiger partial charge on any atom is 0.252 e. The summed E-state index contributed by atoms with van der Waals surface area (Å²) >= 11 is 0. The molecule has 1 saturated carbocycles. The van der Waals surface area contributed by atoms with E-state index in [9.17, 15) is 4.79 Å². The van der Waals surface area contributed by atoms with Crippen LogP contribution in [-0.2, 0) is 4.79 Å². The van der Waals surface area contributed by atoms with Gasteiger partial charge in [0.05, 0.1) is 23.2 Å². The quantitative estimate of drug-likeness (QED) is 0.730. The van der Waals surface area contributed by atoms with Crippen molar-refractivity contribution in [2.45, 2.75) is 43.7 Å². The summed E-state index contributed by atoms with van der Waals surface area (Å²) in [4.78, 5) is 29.1. The van der Waals surface area contributed by atoms with Gasteiger partial charge in [0.15, 0.2) is 5.65 Å². The molecule has 2 N–H and O–H groups in total. The molecule has 132 valence electrons. The van der Waals surface area contributed by atoms with Crippen LogP contribution >= 0.6 is 0 Å². The van der Waals surface area contributed by atoms with Crippen molar-refractivity contribution in [2.24, 2.45) is 0 Å². The molecule has 1 aliphatic heterocycles. The fourth-order valence-electron chi connectivity index (χ4n) is 3.89. The Bertz CT molecular complexity index is 965. The van der Waals surface area contributed by atoms with E-state index in [2.05, 4.69) is 35.7 Å². The van der Waals surface area contributed by atoms with Gasteiger partial charge in [-0.2, -0.15) is 9.78 Å². The van der Waals surface area contributed by atoms with Crippen LogP contribution in [0.1, 0.15) is 32.1 Å². The summed E-state index contributed by atoms with van der Waals surface area (Å²) in [6.07, 6.45) is 11.1. The highest BCUT2D eigenvalue weighted by Crippen LogP contribution is 2.40. The molecule has 1 spiro atoms. The number of nitrogens with zero attached hydrogens (tertiary/aromatic N) is 6. The van der Waals surface area contributed by atoms with Crippen molar-refractivity contribution in [3.05, 3.63) is 31.0 Å². The fourth-order valence-corrected chi connectivity index (χ4v) is 3.89. The van der Waals surface area contributed by atoms with Crippen molar-refractivity contribution in [1.29, 1.82) is 0 Å². The summed E-state index contributed by atoms with van der Waals surface area (Å²) in [6.45, 7) is 0. The first-order chi connectivity index (χ1) is 12.8. The number of aromatic nitrogens is 6. The minimum absolute atomic E-state index is 0.143. The molecule has 3 aromatic rings. The van der Waals surface area contributed by atoms with Gasteiger partial charge in [-0.25, -0.2) is 19.9 Å². The molecule has 3 aromatic heterocycles. The van der Waals surface area contributed by atoms with Crippen LogP contribution in [0.5, 0.6) is 0 Å². The van der Waals surface area contributed by atoms with Gasteiger partial charge in [0.25, 0.3) is 5.95 Å². The number of carbonyl (C=O) groups is 1. The molecule has 2 aliphatic rings. The van der Waals surface area contributed by atoms with Crippen LogP contribution in [0, 0.1) is 0 Å². The van der Waals surface area contributed by atoms with Gasteiger partial charge in [-0.1, -0.05) is 0 Å². The van der Waals surface area contributed by atoms with Gasteiger partial charge in [0.2, 0.25) is 5.91 Å². The molecule has 1 atom stereocenters. The minimum Gasteiger partial charge on any atom is -0.364 e. The number of hydrogen-bond acceptors (Lipinski definition) is 7. The van der Waals surface area contributed by atoms with Gasteiger partial charge in [-0.05, 0) is 31.7 Å². The molecule has 5 rings (SSSR count). The average molecular weight is 350 g/mol. The van der Waals surface area contributed by atoms with Gasteiger partial charge in [-0.3, -0.25) is 4.79 Å². The molecule has 1 amide bonds. The maximum absolute atomic E-state index is 11.9. The Labute approximate surface area is 149 Å². The van der Waals surface area contributed by atoms with Crippen molar-refractivity contribution in [2.75, 3.05) is 5.32 Å². The Hall–Kier alpha value is -3.10. The Morgan fingerprint density at radius 2 is 2.04 bits per heavy atom. The van der Waals surface area contributed by atoms with Crippen molar-refractivity contribution >= 4 is 22.8 Å². The highest BCUT2D eigenvalue weighted by Gasteiger charge is 2.47. The summed E-state index contributed by atoms with van der Waals surface area (Å²) in [5, 5.41) is 11.9. The number of hydrogen-bond donors (Lipinski definition) is 2. The summed E-state index contributed by atoms with van der Waals surface area (Å²) in [5.41, 5.74) is 0.502. The number of fused-ring (bicyclic) bond motifs is 1. The smallest absolute Gasteiger partial charge is 0.252 e. The Kier molecular flexibility index (Phi) is 3.34. The van der Waals surface area contributed by atoms with E-state index in [0.29, 0.717) is 18.0 Å². The summed E-state index contributed by atoms with van der Waals surface area (Å²) in [5.74, 6) is 1.33. The number of piperidine rings is 1. The molecule has 1 saturated heterocycles. The first kappa shape index (κ1) is 15.2. The first-order valence-corrected chi connectivity index (χ1v) is 8.79. The Balaban J connectivity index is 1.50. The molecule has 0 bridgehead atoms. The standard InChI is InChI=1S/C17H18N8O/c26-13-4-3-12(17(24-13)5-1-6-17)23-14-11-9-22-25(15(11)21-10-20-14)16-18-7-2-8-19-16/h2,7-10,12H,1,3-6H2,(H,24,26)(H,20,21,23). The molecule has 1 aliphatic carbocycles. The van der Waals surface area contributed by atoms with Crippen LogP contribution in [-0.4, -0.2) is 47.2 Å². The van der Waals surface area contributed by atoms with Gasteiger partial charge >= 0.3 is 0 Å². The molecule has 9 heteroatoms. The molecule has 9 nitrogen and oxygen atoms in total. The molecule has 0 radical (unpaired) electrons. The number of nitrogens with one attached hydrogen (secondary N) is 2. The van der Waals surface area contributed by atoms with E-state index < -0.39 is 0 Å². The first-order valence-electron chi connectivity index (χ1n) is 8.79. The number of amides is 1. The second kappa shape index (κ2) is 5.72. The third-order valence-corrected chi connectivity index (χ3v) is 5.38. The minimum atomic E-state index is -0.148. The van der Waals surface area contributed by atoms with E-state index in [-0.39, 0.29) is 17.5 Å². The van der Waals surface area contributed by atoms with Gasteiger partial charge in [0.1, 0.15) is 12.1 Å². The second-order valence-electron chi connectivity index (χ2n) is 6.86. The fraction of sp³-hybridized carbons (Fsp3) is 0.412. The van der Waals surface area contributed by atoms with E-state index in [0.717, 1.165) is 36.9 Å². The number of carbonyl (C=O) groups excluding carboxylic acids is 1. The molecule has 1 unspecified atom stereocenters. The Morgan fingerprint density at radius 3 is 2.81 bits per heavy atom. The zero-order chi connectivity index (χ0) is 17.6. The normalized spacial score (nSPS) is 21.4. The molecular formula is C17H18N8O. The maximum atomic E-state index is 11.9. The highest BCUT2D eigenvalue weighted by atomic mass is 16.1. The lowest BCUT2D eigenvalue weighted by Crippen LogP contribution is -2.66. The average Bonchev–Trinajstić information content (AvgIpc) is 3.08.